The number of rotatable bonds is 4. The van der Waals surface area contributed by atoms with Crippen LogP contribution in [0.3, 0.4) is 0 Å². The van der Waals surface area contributed by atoms with Crippen LogP contribution in [-0.2, 0) is 0 Å². The molecule has 0 N–H and O–H groups in total. The van der Waals surface area contributed by atoms with Gasteiger partial charge in [-0.15, -0.1) is 0 Å². The third-order valence-corrected chi connectivity index (χ3v) is 6.44. The summed E-state index contributed by atoms with van der Waals surface area (Å²) in [5.41, 5.74) is 3.27. The maximum atomic E-state index is 12.7. The molecular formula is C24H28O. The van der Waals surface area contributed by atoms with E-state index < -0.39 is 0 Å². The van der Waals surface area contributed by atoms with E-state index in [4.69, 9.17) is 0 Å². The average Bonchev–Trinajstić information content (AvgIpc) is 2.69. The molecule has 2 fully saturated rings. The second-order valence-corrected chi connectivity index (χ2v) is 8.05. The van der Waals surface area contributed by atoms with E-state index in [1.54, 1.807) is 0 Å². The monoisotopic (exact) mass is 332 g/mol. The lowest BCUT2D eigenvalue weighted by Gasteiger charge is -2.39. The average molecular weight is 332 g/mol. The highest BCUT2D eigenvalue weighted by molar-refractivity contribution is 5.96. The van der Waals surface area contributed by atoms with Gasteiger partial charge in [-0.05, 0) is 48.1 Å². The first-order chi connectivity index (χ1) is 12.3. The number of hydrogen-bond donors (Lipinski definition) is 0. The SMILES string of the molecule is O=C(C[C@@H]1CC[C@H]2CCCC[C@H]2C1)c1ccc(-c2ccccc2)cc1. The fourth-order valence-electron chi connectivity index (χ4n) is 5.02. The van der Waals surface area contributed by atoms with Gasteiger partial charge in [0.05, 0.1) is 0 Å². The molecule has 0 spiro atoms. The molecule has 2 saturated carbocycles. The minimum absolute atomic E-state index is 0.332. The summed E-state index contributed by atoms with van der Waals surface area (Å²) in [5, 5.41) is 0. The number of carbonyl (C=O) groups excluding carboxylic acids is 1. The summed E-state index contributed by atoms with van der Waals surface area (Å²) >= 11 is 0. The summed E-state index contributed by atoms with van der Waals surface area (Å²) in [7, 11) is 0. The quantitative estimate of drug-likeness (QED) is 0.581. The van der Waals surface area contributed by atoms with Crippen molar-refractivity contribution >= 4 is 5.78 Å². The number of ketones is 1. The van der Waals surface area contributed by atoms with Crippen molar-refractivity contribution in [2.24, 2.45) is 17.8 Å². The van der Waals surface area contributed by atoms with Crippen LogP contribution in [0.1, 0.15) is 61.7 Å². The van der Waals surface area contributed by atoms with Crippen molar-refractivity contribution in [3.8, 4) is 11.1 Å². The summed E-state index contributed by atoms with van der Waals surface area (Å²) in [6.07, 6.45) is 10.3. The molecule has 130 valence electrons. The highest BCUT2D eigenvalue weighted by Gasteiger charge is 2.32. The minimum atomic E-state index is 0.332. The van der Waals surface area contributed by atoms with Crippen LogP contribution in [0.5, 0.6) is 0 Å². The summed E-state index contributed by atoms with van der Waals surface area (Å²) < 4.78 is 0. The fraction of sp³-hybridized carbons (Fsp3) is 0.458. The second kappa shape index (κ2) is 7.56. The van der Waals surface area contributed by atoms with Crippen molar-refractivity contribution in [3.05, 3.63) is 60.2 Å². The molecular weight excluding hydrogens is 304 g/mol. The van der Waals surface area contributed by atoms with E-state index in [0.29, 0.717) is 11.7 Å². The Hall–Kier alpha value is -1.89. The molecule has 2 aromatic carbocycles. The Kier molecular flexibility index (Phi) is 5.01. The molecule has 0 radical (unpaired) electrons. The standard InChI is InChI=1S/C24H28O/c25-24(17-18-10-11-20-8-4-5-9-23(20)16-18)22-14-12-21(13-15-22)19-6-2-1-3-7-19/h1-3,6-7,12-15,18,20,23H,4-5,8-11,16-17H2/t18-,20-,23+/m1/s1. The van der Waals surface area contributed by atoms with Crippen LogP contribution in [0, 0.1) is 17.8 Å². The number of Topliss-reactive ketones (excluding diaryl/α,β-unsaturated/α-hetero) is 1. The van der Waals surface area contributed by atoms with Crippen LogP contribution in [0.4, 0.5) is 0 Å². The first kappa shape index (κ1) is 16.6. The largest absolute Gasteiger partial charge is 0.294 e. The highest BCUT2D eigenvalue weighted by atomic mass is 16.1. The summed E-state index contributed by atoms with van der Waals surface area (Å²) in [6.45, 7) is 0. The molecule has 0 saturated heterocycles. The van der Waals surface area contributed by atoms with Gasteiger partial charge in [-0.25, -0.2) is 0 Å². The lowest BCUT2D eigenvalue weighted by molar-refractivity contribution is 0.0877. The Morgan fingerprint density at radius 2 is 1.44 bits per heavy atom. The van der Waals surface area contributed by atoms with E-state index in [0.717, 1.165) is 23.8 Å². The fourth-order valence-corrected chi connectivity index (χ4v) is 5.02. The molecule has 2 aliphatic carbocycles. The normalized spacial score (nSPS) is 26.0. The molecule has 1 heteroatoms. The van der Waals surface area contributed by atoms with Gasteiger partial charge in [-0.1, -0.05) is 80.3 Å². The predicted molar refractivity (Wildman–Crippen MR) is 104 cm³/mol. The summed E-state index contributed by atoms with van der Waals surface area (Å²) in [6, 6.07) is 18.5. The van der Waals surface area contributed by atoms with E-state index >= 15 is 0 Å². The van der Waals surface area contributed by atoms with Crippen molar-refractivity contribution in [1.29, 1.82) is 0 Å². The zero-order valence-electron chi connectivity index (χ0n) is 15.0. The van der Waals surface area contributed by atoms with E-state index in [1.807, 2.05) is 18.2 Å². The highest BCUT2D eigenvalue weighted by Crippen LogP contribution is 2.43. The Balaban J connectivity index is 1.38. The van der Waals surface area contributed by atoms with Crippen molar-refractivity contribution in [2.45, 2.75) is 51.4 Å². The predicted octanol–water partition coefficient (Wildman–Crippen LogP) is 6.53. The van der Waals surface area contributed by atoms with Gasteiger partial charge in [-0.3, -0.25) is 4.79 Å². The van der Waals surface area contributed by atoms with Gasteiger partial charge in [0.2, 0.25) is 0 Å². The zero-order chi connectivity index (χ0) is 17.1. The van der Waals surface area contributed by atoms with E-state index in [2.05, 4.69) is 36.4 Å². The van der Waals surface area contributed by atoms with Gasteiger partial charge in [0.15, 0.2) is 5.78 Å². The van der Waals surface area contributed by atoms with Crippen LogP contribution in [0.25, 0.3) is 11.1 Å². The maximum Gasteiger partial charge on any atom is 0.163 e. The molecule has 3 atom stereocenters. The Bertz CT molecular complexity index is 701. The third kappa shape index (κ3) is 3.86. The molecule has 25 heavy (non-hydrogen) atoms. The van der Waals surface area contributed by atoms with Crippen molar-refractivity contribution in [1.82, 2.24) is 0 Å². The number of benzene rings is 2. The maximum absolute atomic E-state index is 12.7. The summed E-state index contributed by atoms with van der Waals surface area (Å²) in [4.78, 5) is 12.7. The molecule has 0 heterocycles. The second-order valence-electron chi connectivity index (χ2n) is 8.05. The molecule has 0 aliphatic heterocycles. The van der Waals surface area contributed by atoms with Gasteiger partial charge in [0.25, 0.3) is 0 Å². The molecule has 0 bridgehead atoms. The van der Waals surface area contributed by atoms with Gasteiger partial charge >= 0.3 is 0 Å². The van der Waals surface area contributed by atoms with Crippen molar-refractivity contribution in [3.63, 3.8) is 0 Å². The van der Waals surface area contributed by atoms with Crippen LogP contribution >= 0.6 is 0 Å². The summed E-state index contributed by atoms with van der Waals surface area (Å²) in [5.74, 6) is 2.81. The van der Waals surface area contributed by atoms with Crippen LogP contribution in [0.2, 0.25) is 0 Å². The molecule has 1 nitrogen and oxygen atoms in total. The molecule has 0 unspecified atom stereocenters. The Morgan fingerprint density at radius 3 is 2.20 bits per heavy atom. The molecule has 0 aromatic heterocycles. The van der Waals surface area contributed by atoms with Gasteiger partial charge < -0.3 is 0 Å². The van der Waals surface area contributed by atoms with Crippen molar-refractivity contribution < 1.29 is 4.79 Å². The van der Waals surface area contributed by atoms with Gasteiger partial charge in [-0.2, -0.15) is 0 Å². The molecule has 2 aliphatic rings. The van der Waals surface area contributed by atoms with Crippen LogP contribution in [0.15, 0.2) is 54.6 Å². The molecule has 4 rings (SSSR count). The van der Waals surface area contributed by atoms with Gasteiger partial charge in [0.1, 0.15) is 0 Å². The number of carbonyl (C=O) groups is 1. The molecule has 2 aromatic rings. The van der Waals surface area contributed by atoms with E-state index in [9.17, 15) is 4.79 Å². The van der Waals surface area contributed by atoms with Crippen LogP contribution in [-0.4, -0.2) is 5.78 Å². The Morgan fingerprint density at radius 1 is 0.760 bits per heavy atom. The lowest BCUT2D eigenvalue weighted by atomic mass is 9.66. The first-order valence-electron chi connectivity index (χ1n) is 9.98. The number of hydrogen-bond acceptors (Lipinski definition) is 1. The topological polar surface area (TPSA) is 17.1 Å². The zero-order valence-corrected chi connectivity index (χ0v) is 15.0. The van der Waals surface area contributed by atoms with Gasteiger partial charge in [0, 0.05) is 12.0 Å². The van der Waals surface area contributed by atoms with E-state index in [-0.39, 0.29) is 0 Å². The van der Waals surface area contributed by atoms with Crippen LogP contribution < -0.4 is 0 Å². The smallest absolute Gasteiger partial charge is 0.163 e. The number of fused-ring (bicyclic) bond motifs is 1. The van der Waals surface area contributed by atoms with E-state index in [1.165, 1.54) is 56.1 Å². The third-order valence-electron chi connectivity index (χ3n) is 6.44. The lowest BCUT2D eigenvalue weighted by Crippen LogP contribution is -2.28. The Labute approximate surface area is 151 Å². The first-order valence-corrected chi connectivity index (χ1v) is 9.98. The minimum Gasteiger partial charge on any atom is -0.294 e. The van der Waals surface area contributed by atoms with Crippen molar-refractivity contribution in [2.75, 3.05) is 0 Å². The molecule has 0 amide bonds.